The summed E-state index contributed by atoms with van der Waals surface area (Å²) in [4.78, 5) is 25.3. The maximum absolute atomic E-state index is 12.7. The summed E-state index contributed by atoms with van der Waals surface area (Å²) in [7, 11) is 0. The monoisotopic (exact) mass is 620 g/mol. The number of hydrogen-bond donors (Lipinski definition) is 0. The molecule has 2 aromatic carbocycles. The van der Waals surface area contributed by atoms with Gasteiger partial charge in [-0.1, -0.05) is 23.2 Å². The van der Waals surface area contributed by atoms with Crippen molar-refractivity contribution in [2.45, 2.75) is 25.3 Å². The summed E-state index contributed by atoms with van der Waals surface area (Å²) >= 11 is 12.1. The molecule has 0 aliphatic carbocycles. The summed E-state index contributed by atoms with van der Waals surface area (Å²) in [6.45, 7) is 1.32. The van der Waals surface area contributed by atoms with Crippen molar-refractivity contribution in [1.82, 2.24) is 0 Å². The maximum Gasteiger partial charge on any atom is 0.354 e. The van der Waals surface area contributed by atoms with Crippen LogP contribution in [0.3, 0.4) is 0 Å². The molecule has 12 nitrogen and oxygen atoms in total. The number of carbonyl (C=O) groups excluding carboxylic acids is 2. The molecule has 2 aromatic rings. The number of hydrazone groups is 2. The van der Waals surface area contributed by atoms with Gasteiger partial charge in [0.15, 0.2) is 23.9 Å². The molecule has 1 fully saturated rings. The molecule has 0 N–H and O–H groups in total. The molecule has 42 heavy (non-hydrogen) atoms. The predicted molar refractivity (Wildman–Crippen MR) is 155 cm³/mol. The minimum atomic E-state index is -0.565. The van der Waals surface area contributed by atoms with Crippen molar-refractivity contribution >= 4 is 57.9 Å². The average molecular weight is 621 g/mol. The molecule has 3 aliphatic heterocycles. The topological polar surface area (TPSA) is 121 Å². The van der Waals surface area contributed by atoms with Crippen molar-refractivity contribution in [2.24, 2.45) is 10.2 Å². The lowest BCUT2D eigenvalue weighted by molar-refractivity contribution is -0.138. The second-order valence-corrected chi connectivity index (χ2v) is 10.2. The molecule has 4 bridgehead atoms. The minimum absolute atomic E-state index is 0.00783. The molecular weight excluding hydrogens is 591 g/mol. The van der Waals surface area contributed by atoms with E-state index in [-0.39, 0.29) is 77.1 Å². The number of fused-ring (bicyclic) bond motifs is 4. The smallest absolute Gasteiger partial charge is 0.354 e. The van der Waals surface area contributed by atoms with Crippen LogP contribution in [-0.2, 0) is 38.0 Å². The quantitative estimate of drug-likeness (QED) is 0.460. The molecule has 0 unspecified atom stereocenters. The highest BCUT2D eigenvalue weighted by Gasteiger charge is 2.34. The molecule has 0 saturated carbocycles. The van der Waals surface area contributed by atoms with Gasteiger partial charge >= 0.3 is 11.9 Å². The largest absolute Gasteiger partial charge is 0.459 e. The first-order chi connectivity index (χ1) is 20.5. The fourth-order valence-corrected chi connectivity index (χ4v) is 4.61. The summed E-state index contributed by atoms with van der Waals surface area (Å²) in [5, 5.41) is 13.3. The highest BCUT2D eigenvalue weighted by Crippen LogP contribution is 2.28. The first kappa shape index (κ1) is 30.2. The Morgan fingerprint density at radius 3 is 1.36 bits per heavy atom. The van der Waals surface area contributed by atoms with E-state index in [1.807, 2.05) is 0 Å². The zero-order valence-electron chi connectivity index (χ0n) is 22.7. The molecule has 0 aromatic heterocycles. The third kappa shape index (κ3) is 7.97. The SMILES string of the molecule is O=C1OCCOCCOC(=O)C2=NN(c3ccc(Cl)cc3)[C@@H](C2)OCCOCCO[C@H]2CC1=NN2c1ccc(Cl)cc1. The Balaban J connectivity index is 1.23. The van der Waals surface area contributed by atoms with E-state index in [2.05, 4.69) is 10.2 Å². The van der Waals surface area contributed by atoms with Crippen LogP contribution in [0, 0.1) is 0 Å². The molecular formula is C28H30Cl2N4O8. The second-order valence-electron chi connectivity index (χ2n) is 9.29. The van der Waals surface area contributed by atoms with Gasteiger partial charge < -0.3 is 28.4 Å². The number of nitrogens with zero attached hydrogens (tertiary/aromatic N) is 4. The number of halogens is 2. The van der Waals surface area contributed by atoms with E-state index in [0.29, 0.717) is 21.4 Å². The third-order valence-corrected chi connectivity index (χ3v) is 6.89. The Hall–Kier alpha value is -3.26. The number of esters is 2. The Bertz CT molecular complexity index is 1190. The van der Waals surface area contributed by atoms with E-state index in [4.69, 9.17) is 51.6 Å². The van der Waals surface area contributed by atoms with Crippen molar-refractivity contribution in [1.29, 1.82) is 0 Å². The van der Waals surface area contributed by atoms with E-state index >= 15 is 0 Å². The lowest BCUT2D eigenvalue weighted by atomic mass is 10.2. The zero-order chi connectivity index (χ0) is 29.3. The van der Waals surface area contributed by atoms with Gasteiger partial charge in [-0.2, -0.15) is 10.2 Å². The van der Waals surface area contributed by atoms with Crippen molar-refractivity contribution in [3.05, 3.63) is 58.6 Å². The van der Waals surface area contributed by atoms with E-state index < -0.39 is 24.4 Å². The summed E-state index contributed by atoms with van der Waals surface area (Å²) in [5.41, 5.74) is 1.88. The molecule has 0 amide bonds. The van der Waals surface area contributed by atoms with Crippen LogP contribution in [0.15, 0.2) is 58.7 Å². The number of anilines is 2. The van der Waals surface area contributed by atoms with Crippen molar-refractivity contribution in [2.75, 3.05) is 62.9 Å². The fraction of sp³-hybridized carbons (Fsp3) is 0.429. The molecule has 1 saturated heterocycles. The fourth-order valence-electron chi connectivity index (χ4n) is 4.36. The number of carbonyl (C=O) groups is 2. The number of ether oxygens (including phenoxy) is 6. The van der Waals surface area contributed by atoms with Gasteiger partial charge in [0.05, 0.1) is 51.0 Å². The normalized spacial score (nSPS) is 23.3. The predicted octanol–water partition coefficient (Wildman–Crippen LogP) is 3.64. The summed E-state index contributed by atoms with van der Waals surface area (Å²) in [5.74, 6) is -1.13. The van der Waals surface area contributed by atoms with Crippen LogP contribution in [0.25, 0.3) is 0 Å². The Morgan fingerprint density at radius 2 is 0.952 bits per heavy atom. The molecule has 0 spiro atoms. The molecule has 2 atom stereocenters. The van der Waals surface area contributed by atoms with E-state index in [1.54, 1.807) is 58.5 Å². The first-order valence-electron chi connectivity index (χ1n) is 13.5. The van der Waals surface area contributed by atoms with Crippen molar-refractivity contribution < 1.29 is 38.0 Å². The second kappa shape index (κ2) is 14.8. The molecule has 224 valence electrons. The van der Waals surface area contributed by atoms with Gasteiger partial charge in [0.25, 0.3) is 0 Å². The lowest BCUT2D eigenvalue weighted by Crippen LogP contribution is -2.32. The minimum Gasteiger partial charge on any atom is -0.459 e. The van der Waals surface area contributed by atoms with E-state index in [0.717, 1.165) is 0 Å². The van der Waals surface area contributed by atoms with E-state index in [1.165, 1.54) is 0 Å². The Labute approximate surface area is 252 Å². The van der Waals surface area contributed by atoms with Crippen LogP contribution < -0.4 is 10.0 Å². The molecule has 3 heterocycles. The number of rotatable bonds is 2. The molecule has 3 aliphatic rings. The van der Waals surface area contributed by atoms with Gasteiger partial charge in [-0.15, -0.1) is 0 Å². The summed E-state index contributed by atoms with van der Waals surface area (Å²) in [6.07, 6.45) is -0.601. The van der Waals surface area contributed by atoms with Gasteiger partial charge in [-0.3, -0.25) is 0 Å². The van der Waals surface area contributed by atoms with Gasteiger partial charge in [0.2, 0.25) is 0 Å². The van der Waals surface area contributed by atoms with Crippen LogP contribution >= 0.6 is 23.2 Å². The number of cyclic esters (lactones) is 2. The van der Waals surface area contributed by atoms with Crippen LogP contribution in [0.4, 0.5) is 11.4 Å². The summed E-state index contributed by atoms with van der Waals surface area (Å²) < 4.78 is 33.9. The van der Waals surface area contributed by atoms with Crippen LogP contribution in [0.5, 0.6) is 0 Å². The van der Waals surface area contributed by atoms with Gasteiger partial charge in [0.1, 0.15) is 13.2 Å². The van der Waals surface area contributed by atoms with Gasteiger partial charge in [-0.25, -0.2) is 19.6 Å². The maximum atomic E-state index is 12.7. The van der Waals surface area contributed by atoms with Crippen LogP contribution in [0.1, 0.15) is 12.8 Å². The number of benzene rings is 2. The Morgan fingerprint density at radius 1 is 0.571 bits per heavy atom. The third-order valence-electron chi connectivity index (χ3n) is 6.39. The lowest BCUT2D eigenvalue weighted by Gasteiger charge is -2.24. The van der Waals surface area contributed by atoms with E-state index in [9.17, 15) is 9.59 Å². The molecule has 14 heteroatoms. The Kier molecular flexibility index (Phi) is 10.6. The standard InChI is InChI=1S/C28H30Cl2N4O8/c29-19-1-5-21(6-2-19)33-25-17-23(31-33)27(35)41-15-11-38-12-16-42-28(36)24-18-26(40-14-10-37-9-13-39-25)34(32-24)22-7-3-20(30)4-8-22/h1-8,25-26H,9-18H2/t25-,26+. The van der Waals surface area contributed by atoms with Gasteiger partial charge in [-0.05, 0) is 48.5 Å². The van der Waals surface area contributed by atoms with Gasteiger partial charge in [0, 0.05) is 22.9 Å². The zero-order valence-corrected chi connectivity index (χ0v) is 24.2. The first-order valence-corrected chi connectivity index (χ1v) is 14.2. The molecule has 0 radical (unpaired) electrons. The highest BCUT2D eigenvalue weighted by molar-refractivity contribution is 6.38. The summed E-state index contributed by atoms with van der Waals surface area (Å²) in [6, 6.07) is 14.1. The van der Waals surface area contributed by atoms with Crippen LogP contribution in [-0.4, -0.2) is 88.7 Å². The average Bonchev–Trinajstić information content (AvgIpc) is 3.61. The highest BCUT2D eigenvalue weighted by atomic mass is 35.5. The van der Waals surface area contributed by atoms with Crippen LogP contribution in [0.2, 0.25) is 10.0 Å². The molecule has 5 rings (SSSR count). The van der Waals surface area contributed by atoms with Crippen molar-refractivity contribution in [3.63, 3.8) is 0 Å². The number of hydrogen-bond acceptors (Lipinski definition) is 12. The van der Waals surface area contributed by atoms with Crippen molar-refractivity contribution in [3.8, 4) is 0 Å².